The number of allylic oxidation sites excluding steroid dienone is 2. The predicted octanol–water partition coefficient (Wildman–Crippen LogP) is 2.68. The minimum atomic E-state index is -2.05. The zero-order chi connectivity index (χ0) is 38.3. The van der Waals surface area contributed by atoms with Gasteiger partial charge in [-0.25, -0.2) is 0 Å². The Morgan fingerprint density at radius 1 is 0.902 bits per heavy atom. The average molecular weight is 714 g/mol. The number of hydrogen-bond donors (Lipinski definition) is 5. The van der Waals surface area contributed by atoms with Gasteiger partial charge in [0.25, 0.3) is 5.78 Å². The summed E-state index contributed by atoms with van der Waals surface area (Å²) in [5.41, 5.74) is -1.67. The number of carbonyl (C=O) groups excluding carboxylic acids is 5. The highest BCUT2D eigenvalue weighted by Gasteiger charge is 2.51. The quantitative estimate of drug-likeness (QED) is 0.220. The van der Waals surface area contributed by atoms with Crippen molar-refractivity contribution in [2.45, 2.75) is 91.7 Å². The molecule has 0 spiro atoms. The summed E-state index contributed by atoms with van der Waals surface area (Å²) in [4.78, 5) is 66.4. The SMILES string of the molecule is CO[C@H]1/C=C/O[C@@]2(C)Oc3c(C)c(O)c4c(c3C2=O)C(=O)C=C(NC(=O)C(C)C(O)/C=C/[C@H](C)[C@H](O)[C@@H](C)[C@@H](O)[C@@H](C)[C@H](OC(C)=O)[C@@H]1C)C4=O. The average Bonchev–Trinajstić information content (AvgIpc) is 3.35. The van der Waals surface area contributed by atoms with Crippen molar-refractivity contribution in [1.82, 2.24) is 5.32 Å². The molecule has 0 radical (unpaired) electrons. The molecule has 1 aromatic carbocycles. The molecule has 14 nitrogen and oxygen atoms in total. The number of rotatable bonds is 2. The summed E-state index contributed by atoms with van der Waals surface area (Å²) in [6.07, 6.45) is 0.781. The first-order chi connectivity index (χ1) is 23.8. The minimum Gasteiger partial charge on any atom is -0.507 e. The topological polar surface area (TPSA) is 215 Å². The van der Waals surface area contributed by atoms with Crippen LogP contribution in [0.15, 0.2) is 36.3 Å². The molecule has 0 fully saturated rings. The Labute approximate surface area is 296 Å². The third-order valence-electron chi connectivity index (χ3n) is 10.2. The number of aromatic hydroxyl groups is 1. The molecular formula is C37H47NO13. The van der Waals surface area contributed by atoms with Crippen molar-refractivity contribution in [2.24, 2.45) is 29.6 Å². The standard InChI is InChI=1S/C37H47NO13/c1-15-10-11-23(40)16(2)36(47)38-22-14-24(41)26-27(32(22)45)31(44)20(6)34-28(26)35(46)37(8,51-34)49-13-12-25(48-9)17(3)33(50-21(7)39)19(5)30(43)18(4)29(15)42/h10-19,23,25,29-30,33,40,42-44H,1-9H3,(H,38,47)/b11-10+,13-12+/t15-,16?,17+,18+,19+,23?,25-,29-,30+,33+,37-/m0/s1. The molecule has 0 saturated heterocycles. The van der Waals surface area contributed by atoms with E-state index in [0.717, 1.165) is 12.3 Å². The lowest BCUT2D eigenvalue weighted by molar-refractivity contribution is -0.160. The van der Waals surface area contributed by atoms with E-state index in [1.54, 1.807) is 27.7 Å². The molecule has 4 aliphatic rings. The van der Waals surface area contributed by atoms with Crippen LogP contribution in [-0.2, 0) is 23.8 Å². The lowest BCUT2D eigenvalue weighted by Gasteiger charge is -2.38. The Morgan fingerprint density at radius 2 is 1.55 bits per heavy atom. The van der Waals surface area contributed by atoms with Gasteiger partial charge in [-0.3, -0.25) is 24.0 Å². The van der Waals surface area contributed by atoms with E-state index in [4.69, 9.17) is 18.9 Å². The number of amides is 1. The van der Waals surface area contributed by atoms with E-state index in [0.29, 0.717) is 0 Å². The second kappa shape index (κ2) is 15.1. The van der Waals surface area contributed by atoms with Crippen molar-refractivity contribution in [3.8, 4) is 11.5 Å². The number of nitrogens with one attached hydrogen (secondary N) is 1. The van der Waals surface area contributed by atoms with Gasteiger partial charge < -0.3 is 44.7 Å². The Bertz CT molecular complexity index is 1690. The molecule has 0 saturated carbocycles. The fraction of sp³-hybridized carbons (Fsp3) is 0.541. The van der Waals surface area contributed by atoms with Crippen LogP contribution in [0.3, 0.4) is 0 Å². The van der Waals surface area contributed by atoms with Crippen LogP contribution in [0.2, 0.25) is 0 Å². The molecule has 5 rings (SSSR count). The number of benzene rings is 1. The number of hydrogen-bond acceptors (Lipinski definition) is 13. The number of aliphatic hydroxyl groups excluding tert-OH is 3. The number of methoxy groups -OCH3 is 1. The van der Waals surface area contributed by atoms with E-state index in [2.05, 4.69) is 5.32 Å². The maximum Gasteiger partial charge on any atom is 0.312 e. The van der Waals surface area contributed by atoms with Crippen molar-refractivity contribution in [3.63, 3.8) is 0 Å². The van der Waals surface area contributed by atoms with Gasteiger partial charge in [-0.15, -0.1) is 0 Å². The molecule has 14 heteroatoms. The summed E-state index contributed by atoms with van der Waals surface area (Å²) >= 11 is 0. The Hall–Kier alpha value is -4.37. The van der Waals surface area contributed by atoms with Crippen molar-refractivity contribution >= 4 is 29.2 Å². The summed E-state index contributed by atoms with van der Waals surface area (Å²) in [6.45, 7) is 12.0. The van der Waals surface area contributed by atoms with E-state index in [-0.39, 0.29) is 16.9 Å². The molecule has 1 aromatic rings. The third kappa shape index (κ3) is 7.36. The van der Waals surface area contributed by atoms with E-state index in [1.165, 1.54) is 53.0 Å². The van der Waals surface area contributed by atoms with Crippen molar-refractivity contribution in [2.75, 3.05) is 7.11 Å². The van der Waals surface area contributed by atoms with Crippen LogP contribution < -0.4 is 10.1 Å². The zero-order valence-corrected chi connectivity index (χ0v) is 30.1. The number of fused-ring (bicyclic) bond motifs is 15. The molecular weight excluding hydrogens is 666 g/mol. The van der Waals surface area contributed by atoms with Gasteiger partial charge in [-0.05, 0) is 13.0 Å². The number of Topliss-reactive ketones (excluding diaryl/α,β-unsaturated/α-hetero) is 2. The monoisotopic (exact) mass is 713 g/mol. The smallest absolute Gasteiger partial charge is 0.312 e. The lowest BCUT2D eigenvalue weighted by atomic mass is 9.78. The summed E-state index contributed by atoms with van der Waals surface area (Å²) in [5.74, 6) is -10.8. The largest absolute Gasteiger partial charge is 0.507 e. The number of ether oxygens (including phenoxy) is 4. The molecule has 3 aliphatic heterocycles. The molecule has 1 amide bonds. The van der Waals surface area contributed by atoms with Gasteiger partial charge in [-0.2, -0.15) is 0 Å². The number of phenolic OH excluding ortho intramolecular Hbond substituents is 1. The van der Waals surface area contributed by atoms with Gasteiger partial charge in [0.2, 0.25) is 11.7 Å². The van der Waals surface area contributed by atoms with Crippen LogP contribution in [-0.4, -0.2) is 93.1 Å². The maximum absolute atomic E-state index is 13.9. The van der Waals surface area contributed by atoms with Gasteiger partial charge in [-0.1, -0.05) is 46.8 Å². The lowest BCUT2D eigenvalue weighted by Crippen LogP contribution is -2.46. The molecule has 3 heterocycles. The van der Waals surface area contributed by atoms with Crippen LogP contribution in [0.25, 0.3) is 0 Å². The van der Waals surface area contributed by atoms with Gasteiger partial charge in [0.15, 0.2) is 5.78 Å². The Kier molecular flexibility index (Phi) is 11.7. The summed E-state index contributed by atoms with van der Waals surface area (Å²) in [5, 5.41) is 46.9. The first-order valence-electron chi connectivity index (χ1n) is 16.8. The van der Waals surface area contributed by atoms with Gasteiger partial charge in [0.05, 0.1) is 59.0 Å². The van der Waals surface area contributed by atoms with E-state index in [9.17, 15) is 44.4 Å². The van der Waals surface area contributed by atoms with E-state index in [1.807, 2.05) is 0 Å². The molecule has 2 unspecified atom stereocenters. The fourth-order valence-electron chi connectivity index (χ4n) is 6.81. The van der Waals surface area contributed by atoms with Gasteiger partial charge in [0.1, 0.15) is 17.6 Å². The first kappa shape index (κ1) is 39.4. The number of esters is 1. The second-order valence-corrected chi connectivity index (χ2v) is 13.8. The summed E-state index contributed by atoms with van der Waals surface area (Å²) in [7, 11) is 1.40. The molecule has 0 aromatic heterocycles. The van der Waals surface area contributed by atoms with Gasteiger partial charge in [0, 0.05) is 56.3 Å². The highest BCUT2D eigenvalue weighted by Crippen LogP contribution is 2.48. The number of phenols is 1. The van der Waals surface area contributed by atoms with E-state index < -0.39 is 118 Å². The summed E-state index contributed by atoms with van der Waals surface area (Å²) in [6, 6.07) is 0. The second-order valence-electron chi connectivity index (χ2n) is 13.8. The maximum atomic E-state index is 13.9. The molecule has 11 atom stereocenters. The summed E-state index contributed by atoms with van der Waals surface area (Å²) < 4.78 is 23.0. The molecule has 5 bridgehead atoms. The molecule has 278 valence electrons. The van der Waals surface area contributed by atoms with Crippen molar-refractivity contribution < 1.29 is 63.3 Å². The highest BCUT2D eigenvalue weighted by atomic mass is 16.7. The molecule has 1 aliphatic carbocycles. The van der Waals surface area contributed by atoms with Crippen LogP contribution in [0.5, 0.6) is 11.5 Å². The van der Waals surface area contributed by atoms with Crippen LogP contribution in [0.1, 0.15) is 85.1 Å². The highest BCUT2D eigenvalue weighted by molar-refractivity contribution is 6.30. The normalized spacial score (nSPS) is 36.0. The van der Waals surface area contributed by atoms with Crippen LogP contribution >= 0.6 is 0 Å². The molecule has 51 heavy (non-hydrogen) atoms. The number of ketones is 3. The Morgan fingerprint density at radius 3 is 2.16 bits per heavy atom. The van der Waals surface area contributed by atoms with Crippen molar-refractivity contribution in [1.29, 1.82) is 0 Å². The zero-order valence-electron chi connectivity index (χ0n) is 30.1. The molecule has 5 N–H and O–H groups in total. The first-order valence-corrected chi connectivity index (χ1v) is 16.8. The minimum absolute atomic E-state index is 0.0210. The third-order valence-corrected chi connectivity index (χ3v) is 10.2. The Balaban J connectivity index is 1.82. The van der Waals surface area contributed by atoms with Crippen molar-refractivity contribution in [3.05, 3.63) is 58.5 Å². The van der Waals surface area contributed by atoms with Crippen LogP contribution in [0, 0.1) is 36.5 Å². The number of aliphatic hydroxyl groups is 3. The number of carbonyl (C=O) groups is 5. The predicted molar refractivity (Wildman–Crippen MR) is 181 cm³/mol. The van der Waals surface area contributed by atoms with E-state index >= 15 is 0 Å². The fourth-order valence-corrected chi connectivity index (χ4v) is 6.81. The van der Waals surface area contributed by atoms with Gasteiger partial charge >= 0.3 is 11.8 Å². The van der Waals surface area contributed by atoms with Crippen LogP contribution in [0.4, 0.5) is 0 Å².